The molecule has 2 amide bonds. The van der Waals surface area contributed by atoms with Gasteiger partial charge in [0.05, 0.1) is 6.61 Å². The van der Waals surface area contributed by atoms with Gasteiger partial charge in [0.2, 0.25) is 5.88 Å². The molecule has 1 unspecified atom stereocenters. The van der Waals surface area contributed by atoms with Crippen molar-refractivity contribution in [1.29, 1.82) is 0 Å². The van der Waals surface area contributed by atoms with Gasteiger partial charge in [0.25, 0.3) is 0 Å². The number of aromatic nitrogens is 1. The largest absolute Gasteiger partial charge is 0.475 e. The highest BCUT2D eigenvalue weighted by Gasteiger charge is 2.22. The average molecular weight is 307 g/mol. The number of carbonyl (C=O) groups excluding carboxylic acids is 1. The van der Waals surface area contributed by atoms with Crippen molar-refractivity contribution in [3.63, 3.8) is 0 Å². The molecule has 1 aliphatic heterocycles. The summed E-state index contributed by atoms with van der Waals surface area (Å²) in [5, 5.41) is 2.96. The van der Waals surface area contributed by atoms with E-state index in [0.717, 1.165) is 24.9 Å². The van der Waals surface area contributed by atoms with Crippen molar-refractivity contribution < 1.29 is 14.3 Å². The summed E-state index contributed by atoms with van der Waals surface area (Å²) in [5.74, 6) is 0.566. The summed E-state index contributed by atoms with van der Waals surface area (Å²) in [6.07, 6.45) is 5.11. The van der Waals surface area contributed by atoms with Crippen molar-refractivity contribution in [3.8, 4) is 5.88 Å². The second-order valence-corrected chi connectivity index (χ2v) is 5.54. The molecule has 1 aliphatic rings. The molecule has 1 fully saturated rings. The summed E-state index contributed by atoms with van der Waals surface area (Å²) in [6, 6.07) is 4.05. The first kappa shape index (κ1) is 16.5. The normalized spacial score (nSPS) is 18.1. The van der Waals surface area contributed by atoms with Crippen LogP contribution in [0.4, 0.5) is 4.79 Å². The number of urea groups is 1. The van der Waals surface area contributed by atoms with Gasteiger partial charge >= 0.3 is 6.03 Å². The van der Waals surface area contributed by atoms with Gasteiger partial charge in [-0.3, -0.25) is 0 Å². The van der Waals surface area contributed by atoms with Crippen LogP contribution in [0.3, 0.4) is 0 Å². The zero-order valence-corrected chi connectivity index (χ0v) is 13.4. The second-order valence-electron chi connectivity index (χ2n) is 5.54. The lowest BCUT2D eigenvalue weighted by molar-refractivity contribution is 0.143. The number of piperidine rings is 1. The molecule has 6 heteroatoms. The molecule has 1 aromatic heterocycles. The average Bonchev–Trinajstić information content (AvgIpc) is 2.54. The Labute approximate surface area is 131 Å². The van der Waals surface area contributed by atoms with E-state index in [4.69, 9.17) is 9.47 Å². The third kappa shape index (κ3) is 4.87. The quantitative estimate of drug-likeness (QED) is 0.818. The molecule has 1 aromatic rings. The summed E-state index contributed by atoms with van der Waals surface area (Å²) in [7, 11) is 1.63. The lowest BCUT2D eigenvalue weighted by Crippen LogP contribution is -2.47. The Bertz CT molecular complexity index is 464. The molecule has 122 valence electrons. The highest BCUT2D eigenvalue weighted by Crippen LogP contribution is 2.16. The molecule has 0 saturated carbocycles. The van der Waals surface area contributed by atoms with Crippen molar-refractivity contribution in [1.82, 2.24) is 15.2 Å². The monoisotopic (exact) mass is 307 g/mol. The zero-order valence-electron chi connectivity index (χ0n) is 13.4. The fraction of sp³-hybridized carbons (Fsp3) is 0.625. The maximum atomic E-state index is 12.2. The van der Waals surface area contributed by atoms with E-state index in [0.29, 0.717) is 31.7 Å². The fourth-order valence-electron chi connectivity index (χ4n) is 2.51. The summed E-state index contributed by atoms with van der Waals surface area (Å²) in [5.41, 5.74) is 0.956. The Hall–Kier alpha value is -1.82. The smallest absolute Gasteiger partial charge is 0.317 e. The molecule has 22 heavy (non-hydrogen) atoms. The second kappa shape index (κ2) is 8.58. The van der Waals surface area contributed by atoms with Crippen LogP contribution in [0, 0.1) is 0 Å². The van der Waals surface area contributed by atoms with Gasteiger partial charge in [0.1, 0.15) is 6.61 Å². The SMILES string of the molecule is COCCOc1ccc(CNC(=O)N2CCCCC2C)cn1. The number of pyridine rings is 1. The van der Waals surface area contributed by atoms with E-state index in [2.05, 4.69) is 17.2 Å². The van der Waals surface area contributed by atoms with Crippen LogP contribution >= 0.6 is 0 Å². The topological polar surface area (TPSA) is 63.7 Å². The molecule has 0 aliphatic carbocycles. The Balaban J connectivity index is 1.77. The minimum atomic E-state index is 0.00706. The molecule has 1 atom stereocenters. The molecule has 1 saturated heterocycles. The predicted molar refractivity (Wildman–Crippen MR) is 83.9 cm³/mol. The summed E-state index contributed by atoms with van der Waals surface area (Å²) >= 11 is 0. The van der Waals surface area contributed by atoms with E-state index in [1.165, 1.54) is 6.42 Å². The van der Waals surface area contributed by atoms with E-state index in [-0.39, 0.29) is 6.03 Å². The van der Waals surface area contributed by atoms with Gasteiger partial charge in [-0.05, 0) is 31.7 Å². The lowest BCUT2D eigenvalue weighted by Gasteiger charge is -2.33. The van der Waals surface area contributed by atoms with E-state index >= 15 is 0 Å². The van der Waals surface area contributed by atoms with Gasteiger partial charge < -0.3 is 19.7 Å². The van der Waals surface area contributed by atoms with Crippen LogP contribution in [0.15, 0.2) is 18.3 Å². The highest BCUT2D eigenvalue weighted by molar-refractivity contribution is 5.74. The Morgan fingerprint density at radius 3 is 2.95 bits per heavy atom. The lowest BCUT2D eigenvalue weighted by atomic mass is 10.0. The van der Waals surface area contributed by atoms with Crippen LogP contribution < -0.4 is 10.1 Å². The molecule has 0 aromatic carbocycles. The Morgan fingerprint density at radius 1 is 1.41 bits per heavy atom. The molecule has 0 radical (unpaired) electrons. The van der Waals surface area contributed by atoms with Crippen LogP contribution in [0.1, 0.15) is 31.7 Å². The van der Waals surface area contributed by atoms with Gasteiger partial charge in [-0.2, -0.15) is 0 Å². The summed E-state index contributed by atoms with van der Waals surface area (Å²) < 4.78 is 10.3. The number of methoxy groups -OCH3 is 1. The first-order valence-corrected chi connectivity index (χ1v) is 7.82. The number of amides is 2. The van der Waals surface area contributed by atoms with Crippen LogP contribution in [0.25, 0.3) is 0 Å². The number of nitrogens with zero attached hydrogens (tertiary/aromatic N) is 2. The third-order valence-corrected chi connectivity index (χ3v) is 3.84. The molecular formula is C16H25N3O3. The number of nitrogens with one attached hydrogen (secondary N) is 1. The summed E-state index contributed by atoms with van der Waals surface area (Å²) in [4.78, 5) is 18.3. The first-order chi connectivity index (χ1) is 10.7. The molecule has 6 nitrogen and oxygen atoms in total. The van der Waals surface area contributed by atoms with Crippen LogP contribution in [-0.2, 0) is 11.3 Å². The minimum Gasteiger partial charge on any atom is -0.475 e. The molecule has 2 heterocycles. The van der Waals surface area contributed by atoms with Crippen LogP contribution in [-0.4, -0.2) is 48.8 Å². The van der Waals surface area contributed by atoms with Gasteiger partial charge in [-0.25, -0.2) is 9.78 Å². The molecule has 0 spiro atoms. The van der Waals surface area contributed by atoms with Crippen LogP contribution in [0.5, 0.6) is 5.88 Å². The predicted octanol–water partition coefficient (Wildman–Crippen LogP) is 2.19. The number of hydrogen-bond acceptors (Lipinski definition) is 4. The molecule has 2 rings (SSSR count). The zero-order chi connectivity index (χ0) is 15.8. The van der Waals surface area contributed by atoms with E-state index in [9.17, 15) is 4.79 Å². The third-order valence-electron chi connectivity index (χ3n) is 3.84. The van der Waals surface area contributed by atoms with Crippen molar-refractivity contribution in [3.05, 3.63) is 23.9 Å². The van der Waals surface area contributed by atoms with Gasteiger partial charge in [-0.1, -0.05) is 6.07 Å². The molecule has 0 bridgehead atoms. The number of likely N-dealkylation sites (tertiary alicyclic amines) is 1. The molecular weight excluding hydrogens is 282 g/mol. The van der Waals surface area contributed by atoms with E-state index in [1.807, 2.05) is 11.0 Å². The molecule has 1 N–H and O–H groups in total. The number of rotatable bonds is 6. The van der Waals surface area contributed by atoms with E-state index in [1.54, 1.807) is 19.4 Å². The van der Waals surface area contributed by atoms with Crippen molar-refractivity contribution in [2.24, 2.45) is 0 Å². The maximum Gasteiger partial charge on any atom is 0.317 e. The first-order valence-electron chi connectivity index (χ1n) is 7.82. The Kier molecular flexibility index (Phi) is 6.45. The van der Waals surface area contributed by atoms with Crippen molar-refractivity contribution in [2.75, 3.05) is 26.9 Å². The summed E-state index contributed by atoms with van der Waals surface area (Å²) in [6.45, 7) is 4.44. The minimum absolute atomic E-state index is 0.00706. The fourth-order valence-corrected chi connectivity index (χ4v) is 2.51. The number of carbonyl (C=O) groups is 1. The van der Waals surface area contributed by atoms with Gasteiger partial charge in [0, 0.05) is 38.5 Å². The van der Waals surface area contributed by atoms with E-state index < -0.39 is 0 Å². The Morgan fingerprint density at radius 2 is 2.27 bits per heavy atom. The standard InChI is InChI=1S/C16H25N3O3/c1-13-5-3-4-8-19(13)16(20)18-12-14-6-7-15(17-11-14)22-10-9-21-2/h6-7,11,13H,3-5,8-10,12H2,1-2H3,(H,18,20). The maximum absolute atomic E-state index is 12.2. The van der Waals surface area contributed by atoms with Gasteiger partial charge in [0.15, 0.2) is 0 Å². The van der Waals surface area contributed by atoms with Crippen molar-refractivity contribution in [2.45, 2.75) is 38.8 Å². The van der Waals surface area contributed by atoms with Crippen molar-refractivity contribution >= 4 is 6.03 Å². The number of hydrogen-bond donors (Lipinski definition) is 1. The highest BCUT2D eigenvalue weighted by atomic mass is 16.5. The number of ether oxygens (including phenoxy) is 2. The van der Waals surface area contributed by atoms with Gasteiger partial charge in [-0.15, -0.1) is 0 Å². The van der Waals surface area contributed by atoms with Crippen LogP contribution in [0.2, 0.25) is 0 Å².